The Morgan fingerprint density at radius 3 is 1.44 bits per heavy atom. The third kappa shape index (κ3) is 8.64. The molecular formula is C21H32O4. The van der Waals surface area contributed by atoms with Gasteiger partial charge in [0.25, 0.3) is 0 Å². The predicted molar refractivity (Wildman–Crippen MR) is 99.5 cm³/mol. The maximum absolute atomic E-state index is 12.6. The molecule has 25 heavy (non-hydrogen) atoms. The molecule has 0 heterocycles. The molecule has 0 amide bonds. The molecule has 0 aromatic carbocycles. The first-order chi connectivity index (χ1) is 12.1. The van der Waals surface area contributed by atoms with Crippen molar-refractivity contribution in [3.8, 4) is 23.7 Å². The van der Waals surface area contributed by atoms with E-state index in [4.69, 9.17) is 9.47 Å². The number of hydrogen-bond acceptors (Lipinski definition) is 4. The van der Waals surface area contributed by atoms with Gasteiger partial charge in [-0.15, -0.1) is 23.7 Å². The van der Waals surface area contributed by atoms with Gasteiger partial charge < -0.3 is 9.47 Å². The Morgan fingerprint density at radius 1 is 0.720 bits per heavy atom. The van der Waals surface area contributed by atoms with Crippen molar-refractivity contribution in [3.05, 3.63) is 0 Å². The minimum absolute atomic E-state index is 0.0802. The summed E-state index contributed by atoms with van der Waals surface area (Å²) in [5.41, 5.74) is -1.45. The quantitative estimate of drug-likeness (QED) is 0.256. The molecule has 0 aromatic rings. The lowest BCUT2D eigenvalue weighted by Crippen LogP contribution is -2.41. The number of hydrogen-bond donors (Lipinski definition) is 0. The molecule has 0 saturated carbocycles. The average Bonchev–Trinajstić information content (AvgIpc) is 2.60. The lowest BCUT2D eigenvalue weighted by Gasteiger charge is -2.25. The van der Waals surface area contributed by atoms with E-state index in [9.17, 15) is 9.59 Å². The van der Waals surface area contributed by atoms with Crippen molar-refractivity contribution in [1.29, 1.82) is 0 Å². The van der Waals surface area contributed by atoms with E-state index in [1.54, 1.807) is 13.8 Å². The van der Waals surface area contributed by atoms with Gasteiger partial charge in [-0.2, -0.15) is 0 Å². The molecule has 0 aromatic heterocycles. The largest absolute Gasteiger partial charge is 0.465 e. The maximum Gasteiger partial charge on any atom is 0.325 e. The van der Waals surface area contributed by atoms with Crippen LogP contribution in [0.4, 0.5) is 0 Å². The third-order valence-electron chi connectivity index (χ3n) is 3.67. The van der Waals surface area contributed by atoms with E-state index in [-0.39, 0.29) is 26.1 Å². The number of esters is 2. The van der Waals surface area contributed by atoms with Gasteiger partial charge in [0, 0.05) is 25.7 Å². The van der Waals surface area contributed by atoms with E-state index in [1.807, 2.05) is 0 Å². The summed E-state index contributed by atoms with van der Waals surface area (Å²) in [6.07, 6.45) is 5.76. The van der Waals surface area contributed by atoms with E-state index in [1.165, 1.54) is 0 Å². The summed E-state index contributed by atoms with van der Waals surface area (Å²) in [5, 5.41) is 0. The number of carbonyl (C=O) groups excluding carboxylic acids is 2. The summed E-state index contributed by atoms with van der Waals surface area (Å²) >= 11 is 0. The van der Waals surface area contributed by atoms with Gasteiger partial charge in [-0.1, -0.05) is 26.7 Å². The highest BCUT2D eigenvalue weighted by Gasteiger charge is 2.48. The molecule has 0 fully saturated rings. The number of rotatable bonds is 10. The summed E-state index contributed by atoms with van der Waals surface area (Å²) in [6.45, 7) is 8.02. The van der Waals surface area contributed by atoms with Crippen molar-refractivity contribution in [2.45, 2.75) is 79.1 Å². The van der Waals surface area contributed by atoms with Crippen molar-refractivity contribution in [1.82, 2.24) is 0 Å². The highest BCUT2D eigenvalue weighted by Crippen LogP contribution is 2.30. The second kappa shape index (κ2) is 14.4. The van der Waals surface area contributed by atoms with Crippen LogP contribution >= 0.6 is 0 Å². The van der Waals surface area contributed by atoms with Crippen LogP contribution in [0, 0.1) is 29.1 Å². The fourth-order valence-corrected chi connectivity index (χ4v) is 2.11. The smallest absolute Gasteiger partial charge is 0.325 e. The van der Waals surface area contributed by atoms with Gasteiger partial charge in [-0.3, -0.25) is 9.59 Å². The molecule has 0 aliphatic rings. The summed E-state index contributed by atoms with van der Waals surface area (Å²) in [7, 11) is 0. The van der Waals surface area contributed by atoms with Crippen LogP contribution < -0.4 is 0 Å². The van der Waals surface area contributed by atoms with Crippen LogP contribution in [0.2, 0.25) is 0 Å². The lowest BCUT2D eigenvalue weighted by atomic mass is 9.81. The third-order valence-corrected chi connectivity index (χ3v) is 3.67. The normalized spacial score (nSPS) is 10.1. The Morgan fingerprint density at radius 2 is 1.12 bits per heavy atom. The van der Waals surface area contributed by atoms with Gasteiger partial charge in [0.05, 0.1) is 13.2 Å². The zero-order valence-corrected chi connectivity index (χ0v) is 16.2. The van der Waals surface area contributed by atoms with Crippen molar-refractivity contribution in [3.63, 3.8) is 0 Å². The molecule has 0 aliphatic heterocycles. The van der Waals surface area contributed by atoms with Crippen molar-refractivity contribution >= 4 is 11.9 Å². The highest BCUT2D eigenvalue weighted by molar-refractivity contribution is 6.00. The molecular weight excluding hydrogens is 316 g/mol. The second-order valence-corrected chi connectivity index (χ2v) is 5.79. The van der Waals surface area contributed by atoms with Crippen molar-refractivity contribution in [2.24, 2.45) is 5.41 Å². The van der Waals surface area contributed by atoms with E-state index >= 15 is 0 Å². The van der Waals surface area contributed by atoms with Crippen LogP contribution in [0.3, 0.4) is 0 Å². The zero-order valence-electron chi connectivity index (χ0n) is 16.2. The van der Waals surface area contributed by atoms with Crippen LogP contribution in [0.1, 0.15) is 79.1 Å². The van der Waals surface area contributed by atoms with Gasteiger partial charge in [0.15, 0.2) is 5.41 Å². The molecule has 0 N–H and O–H groups in total. The molecule has 4 nitrogen and oxygen atoms in total. The van der Waals surface area contributed by atoms with Crippen LogP contribution in [0.5, 0.6) is 0 Å². The maximum atomic E-state index is 12.6. The van der Waals surface area contributed by atoms with Gasteiger partial charge in [0.2, 0.25) is 0 Å². The molecule has 0 atom stereocenters. The first-order valence-electron chi connectivity index (χ1n) is 9.34. The van der Waals surface area contributed by atoms with Gasteiger partial charge in [-0.05, 0) is 26.7 Å². The molecule has 0 radical (unpaired) electrons. The van der Waals surface area contributed by atoms with Gasteiger partial charge in [-0.25, -0.2) is 0 Å². The Hall–Kier alpha value is -1.94. The Kier molecular flexibility index (Phi) is 13.3. The topological polar surface area (TPSA) is 52.6 Å². The molecule has 140 valence electrons. The van der Waals surface area contributed by atoms with Crippen LogP contribution in [-0.2, 0) is 19.1 Å². The van der Waals surface area contributed by atoms with Gasteiger partial charge >= 0.3 is 11.9 Å². The van der Waals surface area contributed by atoms with Crippen LogP contribution in [-0.4, -0.2) is 25.2 Å². The number of ether oxygens (including phenoxy) is 2. The fraction of sp³-hybridized carbons (Fsp3) is 0.714. The van der Waals surface area contributed by atoms with Crippen molar-refractivity contribution < 1.29 is 19.1 Å². The highest BCUT2D eigenvalue weighted by atomic mass is 16.6. The summed E-state index contributed by atoms with van der Waals surface area (Å²) < 4.78 is 10.3. The van der Waals surface area contributed by atoms with E-state index < -0.39 is 17.4 Å². The SMILES string of the molecule is CCCCC#CCC(CC#CCCCC)(C(=O)OCC)C(=O)OCC. The molecule has 0 bridgehead atoms. The average molecular weight is 348 g/mol. The fourth-order valence-electron chi connectivity index (χ4n) is 2.11. The van der Waals surface area contributed by atoms with E-state index in [0.717, 1.165) is 38.5 Å². The first-order valence-corrected chi connectivity index (χ1v) is 9.34. The summed E-state index contributed by atoms with van der Waals surface area (Å²) in [5.74, 6) is 10.8. The van der Waals surface area contributed by atoms with Crippen LogP contribution in [0.25, 0.3) is 0 Å². The summed E-state index contributed by atoms with van der Waals surface area (Å²) in [6, 6.07) is 0. The molecule has 0 aliphatic carbocycles. The predicted octanol–water partition coefficient (Wildman–Crippen LogP) is 4.27. The van der Waals surface area contributed by atoms with Gasteiger partial charge in [0.1, 0.15) is 0 Å². The number of unbranched alkanes of at least 4 members (excludes halogenated alkanes) is 4. The lowest BCUT2D eigenvalue weighted by molar-refractivity contribution is -0.171. The molecule has 0 spiro atoms. The minimum atomic E-state index is -1.45. The summed E-state index contributed by atoms with van der Waals surface area (Å²) in [4.78, 5) is 25.1. The van der Waals surface area contributed by atoms with E-state index in [0.29, 0.717) is 0 Å². The zero-order chi connectivity index (χ0) is 19.0. The standard InChI is InChI=1S/C21H32O4/c1-5-9-11-13-15-17-21(19(22)24-7-3,20(23)25-8-4)18-16-14-12-10-6-2/h5-12,17-18H2,1-4H3. The molecule has 4 heteroatoms. The molecule has 0 saturated heterocycles. The first kappa shape index (κ1) is 23.1. The van der Waals surface area contributed by atoms with Crippen LogP contribution in [0.15, 0.2) is 0 Å². The monoisotopic (exact) mass is 348 g/mol. The Labute approximate surface area is 153 Å². The second-order valence-electron chi connectivity index (χ2n) is 5.79. The Balaban J connectivity index is 5.44. The molecule has 0 rings (SSSR count). The van der Waals surface area contributed by atoms with E-state index in [2.05, 4.69) is 37.5 Å². The minimum Gasteiger partial charge on any atom is -0.465 e. The van der Waals surface area contributed by atoms with Crippen molar-refractivity contribution in [2.75, 3.05) is 13.2 Å². The molecule has 0 unspecified atom stereocenters. The Bertz CT molecular complexity index is 465. The number of carbonyl (C=O) groups is 2.